The van der Waals surface area contributed by atoms with Crippen LogP contribution in [-0.4, -0.2) is 34.1 Å². The van der Waals surface area contributed by atoms with Crippen molar-refractivity contribution in [2.45, 2.75) is 24.8 Å². The fourth-order valence-corrected chi connectivity index (χ4v) is 3.75. The van der Waals surface area contributed by atoms with Crippen molar-refractivity contribution >= 4 is 22.0 Å². The molecule has 150 valence electrons. The second kappa shape index (κ2) is 9.89. The minimum absolute atomic E-state index is 0.0190. The third kappa shape index (κ3) is 5.56. The summed E-state index contributed by atoms with van der Waals surface area (Å²) in [4.78, 5) is 12.1. The van der Waals surface area contributed by atoms with Gasteiger partial charge in [-0.2, -0.15) is 8.42 Å². The van der Waals surface area contributed by atoms with Gasteiger partial charge in [0.25, 0.3) is 10.0 Å². The van der Waals surface area contributed by atoms with Gasteiger partial charge >= 0.3 is 6.09 Å². The largest absolute Gasteiger partial charge is 0.483 e. The van der Waals surface area contributed by atoms with Gasteiger partial charge in [-0.3, -0.25) is 0 Å². The van der Waals surface area contributed by atoms with Gasteiger partial charge in [-0.15, -0.1) is 4.40 Å². The third-order valence-electron chi connectivity index (χ3n) is 4.06. The molecule has 8 heteroatoms. The van der Waals surface area contributed by atoms with Gasteiger partial charge in [0.05, 0.1) is 30.6 Å². The fourth-order valence-electron chi connectivity index (χ4n) is 2.67. The maximum Gasteiger partial charge on any atom is 0.407 e. The summed E-state index contributed by atoms with van der Waals surface area (Å²) >= 11 is 0. The topological polar surface area (TPSA) is 94.1 Å². The summed E-state index contributed by atoms with van der Waals surface area (Å²) in [6.07, 6.45) is -0.607. The van der Waals surface area contributed by atoms with Gasteiger partial charge in [0.2, 0.25) is 5.90 Å². The van der Waals surface area contributed by atoms with Gasteiger partial charge in [-0.25, -0.2) is 4.79 Å². The first-order chi connectivity index (χ1) is 13.4. The molecule has 0 spiro atoms. The van der Waals surface area contributed by atoms with Crippen LogP contribution < -0.4 is 5.32 Å². The minimum atomic E-state index is -3.95. The zero-order chi connectivity index (χ0) is 20.6. The van der Waals surface area contributed by atoms with Gasteiger partial charge in [0.1, 0.15) is 0 Å². The van der Waals surface area contributed by atoms with Crippen molar-refractivity contribution in [1.29, 1.82) is 0 Å². The molecule has 0 aliphatic rings. The van der Waals surface area contributed by atoms with Gasteiger partial charge in [-0.05, 0) is 24.6 Å². The van der Waals surface area contributed by atoms with Crippen LogP contribution in [0.15, 0.2) is 70.0 Å². The number of sulfonamides is 1. The van der Waals surface area contributed by atoms with E-state index >= 15 is 0 Å². The highest BCUT2D eigenvalue weighted by atomic mass is 32.2. The number of carbonyl (C=O) groups excluding carboxylic acids is 1. The minimum Gasteiger partial charge on any atom is -0.483 e. The number of amides is 1. The molecule has 0 unspecified atom stereocenters. The standard InChI is InChI=1S/C20H24N2O5S/c1-4-27-20(23)21-18(16-11-7-5-8-12-16)15(2)19(26-3)22-28(24,25)17-13-9-6-10-14-17/h5-15,18H,4H2,1-3H3,(H,21,23)/b22-19+/t15-,18+/m1/s1. The van der Waals surface area contributed by atoms with Crippen LogP contribution in [-0.2, 0) is 19.5 Å². The van der Waals surface area contributed by atoms with E-state index in [0.717, 1.165) is 5.56 Å². The Kier molecular flexibility index (Phi) is 7.57. The maximum absolute atomic E-state index is 12.6. The number of carbonyl (C=O) groups is 1. The molecule has 7 nitrogen and oxygen atoms in total. The predicted molar refractivity (Wildman–Crippen MR) is 107 cm³/mol. The number of nitrogens with zero attached hydrogens (tertiary/aromatic N) is 1. The summed E-state index contributed by atoms with van der Waals surface area (Å²) in [5, 5.41) is 2.76. The fraction of sp³-hybridized carbons (Fsp3) is 0.300. The second-order valence-electron chi connectivity index (χ2n) is 5.96. The van der Waals surface area contributed by atoms with Crippen molar-refractivity contribution in [2.24, 2.45) is 10.3 Å². The van der Waals surface area contributed by atoms with Crippen molar-refractivity contribution < 1.29 is 22.7 Å². The van der Waals surface area contributed by atoms with Crippen LogP contribution >= 0.6 is 0 Å². The molecule has 0 saturated heterocycles. The van der Waals surface area contributed by atoms with Crippen molar-refractivity contribution in [2.75, 3.05) is 13.7 Å². The van der Waals surface area contributed by atoms with E-state index in [1.54, 1.807) is 32.0 Å². The molecular weight excluding hydrogens is 380 g/mol. The molecule has 2 rings (SSSR count). The first kappa shape index (κ1) is 21.4. The summed E-state index contributed by atoms with van der Waals surface area (Å²) in [5.74, 6) is -0.593. The molecule has 1 amide bonds. The monoisotopic (exact) mass is 404 g/mol. The molecule has 2 atom stereocenters. The Morgan fingerprint density at radius 1 is 1.07 bits per heavy atom. The molecule has 0 bridgehead atoms. The highest BCUT2D eigenvalue weighted by Crippen LogP contribution is 2.25. The van der Waals surface area contributed by atoms with E-state index in [9.17, 15) is 13.2 Å². The molecular formula is C20H24N2O5S. The summed E-state index contributed by atoms with van der Waals surface area (Å²) in [6, 6.07) is 16.4. The molecule has 0 aliphatic heterocycles. The normalized spacial score (nSPS) is 14.0. The average molecular weight is 404 g/mol. The molecule has 0 radical (unpaired) electrons. The summed E-state index contributed by atoms with van der Waals surface area (Å²) in [5.41, 5.74) is 0.768. The SMILES string of the molecule is CCOC(=O)N[C@H](c1ccccc1)[C@@H](C)/C(=N\S(=O)(=O)c1ccccc1)OC. The van der Waals surface area contributed by atoms with Crippen LogP contribution in [0.2, 0.25) is 0 Å². The van der Waals surface area contributed by atoms with Gasteiger partial charge in [0.15, 0.2) is 0 Å². The number of benzene rings is 2. The lowest BCUT2D eigenvalue weighted by Gasteiger charge is -2.25. The molecule has 28 heavy (non-hydrogen) atoms. The average Bonchev–Trinajstić information content (AvgIpc) is 2.71. The zero-order valence-corrected chi connectivity index (χ0v) is 16.8. The van der Waals surface area contributed by atoms with Crippen LogP contribution in [0.3, 0.4) is 0 Å². The summed E-state index contributed by atoms with van der Waals surface area (Å²) < 4.78 is 39.4. The molecule has 2 aromatic rings. The van der Waals surface area contributed by atoms with E-state index in [1.807, 2.05) is 30.3 Å². The van der Waals surface area contributed by atoms with Gasteiger partial charge in [0, 0.05) is 0 Å². The molecule has 0 fully saturated rings. The van der Waals surface area contributed by atoms with Gasteiger partial charge < -0.3 is 14.8 Å². The third-order valence-corrected chi connectivity index (χ3v) is 5.35. The molecule has 0 aromatic heterocycles. The van der Waals surface area contributed by atoms with Crippen LogP contribution in [0, 0.1) is 5.92 Å². The molecule has 0 saturated carbocycles. The zero-order valence-electron chi connectivity index (χ0n) is 16.0. The smallest absolute Gasteiger partial charge is 0.407 e. The van der Waals surface area contributed by atoms with Crippen molar-refractivity contribution in [3.8, 4) is 0 Å². The number of hydrogen-bond acceptors (Lipinski definition) is 5. The Morgan fingerprint density at radius 2 is 1.64 bits per heavy atom. The lowest BCUT2D eigenvalue weighted by molar-refractivity contribution is 0.145. The lowest BCUT2D eigenvalue weighted by Crippen LogP contribution is -2.36. The number of ether oxygens (including phenoxy) is 2. The first-order valence-electron chi connectivity index (χ1n) is 8.81. The number of hydrogen-bond donors (Lipinski definition) is 1. The first-order valence-corrected chi connectivity index (χ1v) is 10.2. The number of nitrogens with one attached hydrogen (secondary N) is 1. The molecule has 2 aromatic carbocycles. The predicted octanol–water partition coefficient (Wildman–Crippen LogP) is 3.54. The highest BCUT2D eigenvalue weighted by molar-refractivity contribution is 7.90. The van der Waals surface area contributed by atoms with E-state index in [1.165, 1.54) is 19.2 Å². The Morgan fingerprint density at radius 3 is 2.18 bits per heavy atom. The van der Waals surface area contributed by atoms with Crippen molar-refractivity contribution in [3.63, 3.8) is 0 Å². The van der Waals surface area contributed by atoms with Crippen molar-refractivity contribution in [1.82, 2.24) is 5.32 Å². The van der Waals surface area contributed by atoms with E-state index in [0.29, 0.717) is 0 Å². The van der Waals surface area contributed by atoms with E-state index < -0.39 is 28.1 Å². The summed E-state index contributed by atoms with van der Waals surface area (Å²) in [6.45, 7) is 3.65. The van der Waals surface area contributed by atoms with Crippen LogP contribution in [0.1, 0.15) is 25.5 Å². The molecule has 1 N–H and O–H groups in total. The van der Waals surface area contributed by atoms with Crippen LogP contribution in [0.25, 0.3) is 0 Å². The number of rotatable bonds is 7. The second-order valence-corrected chi connectivity index (χ2v) is 7.57. The van der Waals surface area contributed by atoms with Crippen LogP contribution in [0.5, 0.6) is 0 Å². The molecule has 0 heterocycles. The Bertz CT molecular complexity index is 899. The van der Waals surface area contributed by atoms with E-state index in [-0.39, 0.29) is 17.4 Å². The van der Waals surface area contributed by atoms with E-state index in [2.05, 4.69) is 9.71 Å². The highest BCUT2D eigenvalue weighted by Gasteiger charge is 2.29. The molecule has 0 aliphatic carbocycles. The maximum atomic E-state index is 12.6. The van der Waals surface area contributed by atoms with Gasteiger partial charge in [-0.1, -0.05) is 55.5 Å². The Hall–Kier alpha value is -2.87. The lowest BCUT2D eigenvalue weighted by atomic mass is 9.94. The quantitative estimate of drug-likeness (QED) is 0.563. The Labute approximate surface area is 165 Å². The van der Waals surface area contributed by atoms with E-state index in [4.69, 9.17) is 9.47 Å². The summed E-state index contributed by atoms with van der Waals surface area (Å²) in [7, 11) is -2.60. The Balaban J connectivity index is 2.39. The number of alkyl carbamates (subject to hydrolysis) is 1. The van der Waals surface area contributed by atoms with Crippen molar-refractivity contribution in [3.05, 3.63) is 66.2 Å². The van der Waals surface area contributed by atoms with Crippen LogP contribution in [0.4, 0.5) is 4.79 Å². The number of methoxy groups -OCH3 is 1.